The van der Waals surface area contributed by atoms with Gasteiger partial charge >= 0.3 is 5.97 Å². The van der Waals surface area contributed by atoms with Gasteiger partial charge in [0.2, 0.25) is 0 Å². The first-order valence-electron chi connectivity index (χ1n) is 7.28. The molecule has 112 valence electrons. The fourth-order valence-corrected chi connectivity index (χ4v) is 2.61. The molecule has 0 aliphatic rings. The number of aromatic nitrogens is 1. The molecule has 0 saturated carbocycles. The summed E-state index contributed by atoms with van der Waals surface area (Å²) in [7, 11) is 0. The van der Waals surface area contributed by atoms with Crippen molar-refractivity contribution in [3.05, 3.63) is 65.9 Å². The van der Waals surface area contributed by atoms with Crippen LogP contribution in [0.5, 0.6) is 0 Å². The molecule has 4 heteroatoms. The second kappa shape index (κ2) is 5.93. The topological polar surface area (TPSA) is 57.2 Å². The number of nitrogens with zero attached hydrogens (tertiary/aromatic N) is 1. The number of anilines is 1. The first-order valence-corrected chi connectivity index (χ1v) is 7.28. The summed E-state index contributed by atoms with van der Waals surface area (Å²) < 4.78 is 7.23. The number of ether oxygens (including phenoxy) is 1. The lowest BCUT2D eigenvalue weighted by atomic mass is 10.1. The maximum absolute atomic E-state index is 12.1. The molecule has 1 heterocycles. The van der Waals surface area contributed by atoms with Gasteiger partial charge in [-0.1, -0.05) is 18.2 Å². The Balaban J connectivity index is 1.97. The molecule has 0 spiro atoms. The zero-order valence-electron chi connectivity index (χ0n) is 12.5. The molecule has 4 nitrogen and oxygen atoms in total. The average Bonchev–Trinajstić information content (AvgIpc) is 2.90. The lowest BCUT2D eigenvalue weighted by Gasteiger charge is -2.11. The highest BCUT2D eigenvalue weighted by Crippen LogP contribution is 2.21. The molecule has 0 radical (unpaired) electrons. The number of carbonyl (C=O) groups is 1. The van der Waals surface area contributed by atoms with E-state index in [2.05, 4.69) is 4.57 Å². The summed E-state index contributed by atoms with van der Waals surface area (Å²) in [6, 6.07) is 15.4. The van der Waals surface area contributed by atoms with Crippen molar-refractivity contribution in [2.75, 3.05) is 12.3 Å². The van der Waals surface area contributed by atoms with E-state index in [0.717, 1.165) is 22.2 Å². The minimum atomic E-state index is -0.279. The molecule has 2 aromatic carbocycles. The van der Waals surface area contributed by atoms with Crippen molar-refractivity contribution >= 4 is 22.6 Å². The quantitative estimate of drug-likeness (QED) is 0.592. The third-order valence-electron chi connectivity index (χ3n) is 3.65. The summed E-state index contributed by atoms with van der Waals surface area (Å²) in [5, 5.41) is 1.09. The summed E-state index contributed by atoms with van der Waals surface area (Å²) in [6.07, 6.45) is 2.01. The Bertz CT molecular complexity index is 821. The van der Waals surface area contributed by atoms with Crippen LogP contribution in [-0.4, -0.2) is 17.1 Å². The second-order valence-corrected chi connectivity index (χ2v) is 5.14. The number of nitrogen functional groups attached to an aromatic ring is 1. The molecule has 1 aromatic heterocycles. The molecule has 0 amide bonds. The number of benzene rings is 2. The zero-order chi connectivity index (χ0) is 15.5. The molecular weight excluding hydrogens is 276 g/mol. The Morgan fingerprint density at radius 1 is 1.18 bits per heavy atom. The monoisotopic (exact) mass is 294 g/mol. The third kappa shape index (κ3) is 2.68. The molecule has 0 saturated heterocycles. The Morgan fingerprint density at radius 2 is 2.00 bits per heavy atom. The van der Waals surface area contributed by atoms with E-state index in [-0.39, 0.29) is 5.97 Å². The van der Waals surface area contributed by atoms with Gasteiger partial charge in [-0.25, -0.2) is 4.79 Å². The molecule has 22 heavy (non-hydrogen) atoms. The van der Waals surface area contributed by atoms with E-state index >= 15 is 0 Å². The van der Waals surface area contributed by atoms with Crippen LogP contribution in [0.1, 0.15) is 22.8 Å². The SMILES string of the molecule is CCOC(=O)c1ccccc1Cn1ccc2cc(N)ccc21. The number of nitrogens with two attached hydrogens (primary N) is 1. The van der Waals surface area contributed by atoms with E-state index in [1.807, 2.05) is 55.6 Å². The molecule has 0 aliphatic carbocycles. The number of esters is 1. The molecule has 0 bridgehead atoms. The van der Waals surface area contributed by atoms with E-state index < -0.39 is 0 Å². The largest absolute Gasteiger partial charge is 0.462 e. The third-order valence-corrected chi connectivity index (χ3v) is 3.65. The van der Waals surface area contributed by atoms with Crippen LogP contribution >= 0.6 is 0 Å². The summed E-state index contributed by atoms with van der Waals surface area (Å²) in [6.45, 7) is 2.80. The maximum Gasteiger partial charge on any atom is 0.338 e. The standard InChI is InChI=1S/C18H18N2O2/c1-2-22-18(21)16-6-4-3-5-14(16)12-20-10-9-13-11-15(19)7-8-17(13)20/h3-11H,2,12,19H2,1H3. The van der Waals surface area contributed by atoms with Gasteiger partial charge in [0.05, 0.1) is 12.2 Å². The number of carbonyl (C=O) groups excluding carboxylic acids is 1. The van der Waals surface area contributed by atoms with Crippen LogP contribution < -0.4 is 5.73 Å². The van der Waals surface area contributed by atoms with E-state index in [9.17, 15) is 4.79 Å². The summed E-state index contributed by atoms with van der Waals surface area (Å²) in [4.78, 5) is 12.1. The molecular formula is C18H18N2O2. The molecule has 3 rings (SSSR count). The van der Waals surface area contributed by atoms with Crippen molar-refractivity contribution in [2.24, 2.45) is 0 Å². The number of hydrogen-bond acceptors (Lipinski definition) is 3. The van der Waals surface area contributed by atoms with Crippen LogP contribution in [0.3, 0.4) is 0 Å². The van der Waals surface area contributed by atoms with E-state index in [1.165, 1.54) is 0 Å². The van der Waals surface area contributed by atoms with Gasteiger partial charge in [0.15, 0.2) is 0 Å². The Hall–Kier alpha value is -2.75. The second-order valence-electron chi connectivity index (χ2n) is 5.14. The highest BCUT2D eigenvalue weighted by atomic mass is 16.5. The van der Waals surface area contributed by atoms with Gasteiger partial charge in [0.25, 0.3) is 0 Å². The number of hydrogen-bond donors (Lipinski definition) is 1. The molecule has 2 N–H and O–H groups in total. The van der Waals surface area contributed by atoms with Crippen LogP contribution in [0.15, 0.2) is 54.7 Å². The van der Waals surface area contributed by atoms with Crippen LogP contribution in [0.4, 0.5) is 5.69 Å². The fourth-order valence-electron chi connectivity index (χ4n) is 2.61. The highest BCUT2D eigenvalue weighted by Gasteiger charge is 2.12. The van der Waals surface area contributed by atoms with Crippen molar-refractivity contribution in [3.8, 4) is 0 Å². The van der Waals surface area contributed by atoms with E-state index in [1.54, 1.807) is 6.07 Å². The minimum Gasteiger partial charge on any atom is -0.462 e. The first-order chi connectivity index (χ1) is 10.7. The maximum atomic E-state index is 12.1. The zero-order valence-corrected chi connectivity index (χ0v) is 12.5. The number of rotatable bonds is 4. The minimum absolute atomic E-state index is 0.279. The average molecular weight is 294 g/mol. The van der Waals surface area contributed by atoms with Crippen molar-refractivity contribution in [1.82, 2.24) is 4.57 Å². The lowest BCUT2D eigenvalue weighted by molar-refractivity contribution is 0.0525. The van der Waals surface area contributed by atoms with Crippen LogP contribution in [0.2, 0.25) is 0 Å². The Labute approximate surface area is 129 Å². The van der Waals surface area contributed by atoms with Crippen molar-refractivity contribution in [1.29, 1.82) is 0 Å². The van der Waals surface area contributed by atoms with Crippen LogP contribution in [-0.2, 0) is 11.3 Å². The van der Waals surface area contributed by atoms with Crippen LogP contribution in [0.25, 0.3) is 10.9 Å². The first kappa shape index (κ1) is 14.2. The summed E-state index contributed by atoms with van der Waals surface area (Å²) in [5.74, 6) is -0.279. The van der Waals surface area contributed by atoms with E-state index in [4.69, 9.17) is 10.5 Å². The fraction of sp³-hybridized carbons (Fsp3) is 0.167. The molecule has 0 atom stereocenters. The van der Waals surface area contributed by atoms with Gasteiger partial charge in [-0.2, -0.15) is 0 Å². The van der Waals surface area contributed by atoms with Gasteiger partial charge < -0.3 is 15.0 Å². The van der Waals surface area contributed by atoms with Crippen molar-refractivity contribution in [2.45, 2.75) is 13.5 Å². The highest BCUT2D eigenvalue weighted by molar-refractivity contribution is 5.91. The summed E-state index contributed by atoms with van der Waals surface area (Å²) in [5.41, 5.74) is 9.20. The molecule has 0 fully saturated rings. The molecule has 3 aromatic rings. The van der Waals surface area contributed by atoms with Gasteiger partial charge in [0.1, 0.15) is 0 Å². The number of fused-ring (bicyclic) bond motifs is 1. The predicted octanol–water partition coefficient (Wildman–Crippen LogP) is 3.45. The van der Waals surface area contributed by atoms with Crippen molar-refractivity contribution < 1.29 is 9.53 Å². The Kier molecular flexibility index (Phi) is 3.83. The molecule has 0 aliphatic heterocycles. The van der Waals surface area contributed by atoms with Gasteiger partial charge in [0, 0.05) is 29.3 Å². The molecule has 0 unspecified atom stereocenters. The predicted molar refractivity (Wildman–Crippen MR) is 87.9 cm³/mol. The smallest absolute Gasteiger partial charge is 0.338 e. The van der Waals surface area contributed by atoms with Gasteiger partial charge in [-0.3, -0.25) is 0 Å². The van der Waals surface area contributed by atoms with E-state index in [0.29, 0.717) is 18.7 Å². The normalized spacial score (nSPS) is 10.8. The Morgan fingerprint density at radius 3 is 2.82 bits per heavy atom. The van der Waals surface area contributed by atoms with Crippen molar-refractivity contribution in [3.63, 3.8) is 0 Å². The van der Waals surface area contributed by atoms with Gasteiger partial charge in [-0.05, 0) is 42.8 Å². The lowest BCUT2D eigenvalue weighted by Crippen LogP contribution is -2.10. The van der Waals surface area contributed by atoms with Crippen LogP contribution in [0, 0.1) is 0 Å². The van der Waals surface area contributed by atoms with Gasteiger partial charge in [-0.15, -0.1) is 0 Å². The summed E-state index contributed by atoms with van der Waals surface area (Å²) >= 11 is 0.